The van der Waals surface area contributed by atoms with E-state index in [4.69, 9.17) is 0 Å². The summed E-state index contributed by atoms with van der Waals surface area (Å²) in [6.45, 7) is 3.51. The molecule has 6 heteroatoms. The molecule has 1 aliphatic carbocycles. The monoisotopic (exact) mass is 360 g/mol. The lowest BCUT2D eigenvalue weighted by Gasteiger charge is -2.25. The summed E-state index contributed by atoms with van der Waals surface area (Å²) in [5, 5.41) is 6.18. The molecular weight excluding hydrogens is 328 g/mol. The van der Waals surface area contributed by atoms with E-state index in [1.807, 2.05) is 4.57 Å². The zero-order valence-electron chi connectivity index (χ0n) is 15.9. The number of amides is 2. The lowest BCUT2D eigenvalue weighted by Crippen LogP contribution is -2.40. The molecule has 1 unspecified atom stereocenters. The van der Waals surface area contributed by atoms with Crippen LogP contribution in [0.3, 0.4) is 0 Å². The molecule has 0 saturated heterocycles. The molecule has 0 spiro atoms. The molecule has 1 fully saturated rings. The summed E-state index contributed by atoms with van der Waals surface area (Å²) in [5.74, 6) is 0.0736. The zero-order chi connectivity index (χ0) is 18.4. The van der Waals surface area contributed by atoms with Crippen molar-refractivity contribution in [1.82, 2.24) is 20.2 Å². The number of fused-ring (bicyclic) bond motifs is 1. The minimum atomic E-state index is -0.0795. The number of nitrogens with zero attached hydrogens (tertiary/aromatic N) is 2. The molecule has 6 nitrogen and oxygen atoms in total. The van der Waals surface area contributed by atoms with Crippen molar-refractivity contribution in [1.29, 1.82) is 0 Å². The average molecular weight is 361 g/mol. The van der Waals surface area contributed by atoms with Crippen molar-refractivity contribution in [2.24, 2.45) is 5.92 Å². The number of hydrogen-bond donors (Lipinski definition) is 2. The van der Waals surface area contributed by atoms with Gasteiger partial charge in [-0.25, -0.2) is 4.98 Å². The average Bonchev–Trinajstić information content (AvgIpc) is 3.30. The highest BCUT2D eigenvalue weighted by Crippen LogP contribution is 2.24. The summed E-state index contributed by atoms with van der Waals surface area (Å²) in [4.78, 5) is 29.2. The van der Waals surface area contributed by atoms with Gasteiger partial charge in [-0.05, 0) is 32.1 Å². The number of nitrogens with one attached hydrogen (secondary N) is 2. The van der Waals surface area contributed by atoms with Crippen molar-refractivity contribution in [2.45, 2.75) is 83.7 Å². The van der Waals surface area contributed by atoms with Crippen LogP contribution in [0.5, 0.6) is 0 Å². The Balaban J connectivity index is 1.51. The van der Waals surface area contributed by atoms with Gasteiger partial charge in [0, 0.05) is 19.1 Å². The SMILES string of the molecule is CCCCCCNC(=O)c1ncn2c1CCC(C(=O)NC1CCCC1)C2. The van der Waals surface area contributed by atoms with E-state index < -0.39 is 0 Å². The van der Waals surface area contributed by atoms with Crippen LogP contribution in [0.4, 0.5) is 0 Å². The van der Waals surface area contributed by atoms with E-state index >= 15 is 0 Å². The van der Waals surface area contributed by atoms with Gasteiger partial charge in [0.1, 0.15) is 5.69 Å². The van der Waals surface area contributed by atoms with Gasteiger partial charge >= 0.3 is 0 Å². The van der Waals surface area contributed by atoms with Crippen molar-refractivity contribution < 1.29 is 9.59 Å². The largest absolute Gasteiger partial charge is 0.353 e. The molecule has 3 rings (SSSR count). The first-order valence-electron chi connectivity index (χ1n) is 10.3. The lowest BCUT2D eigenvalue weighted by atomic mass is 9.95. The highest BCUT2D eigenvalue weighted by atomic mass is 16.2. The number of aromatic nitrogens is 2. The first-order chi connectivity index (χ1) is 12.7. The Morgan fingerprint density at radius 1 is 1.19 bits per heavy atom. The van der Waals surface area contributed by atoms with Crippen molar-refractivity contribution in [3.8, 4) is 0 Å². The van der Waals surface area contributed by atoms with E-state index in [2.05, 4.69) is 22.5 Å². The van der Waals surface area contributed by atoms with Gasteiger partial charge in [0.2, 0.25) is 5.91 Å². The summed E-state index contributed by atoms with van der Waals surface area (Å²) in [6.07, 6.45) is 12.5. The van der Waals surface area contributed by atoms with Crippen LogP contribution in [0.2, 0.25) is 0 Å². The van der Waals surface area contributed by atoms with Crippen LogP contribution in [0.25, 0.3) is 0 Å². The molecule has 1 aromatic heterocycles. The second-order valence-electron chi connectivity index (χ2n) is 7.73. The van der Waals surface area contributed by atoms with Crippen LogP contribution < -0.4 is 10.6 Å². The summed E-state index contributed by atoms with van der Waals surface area (Å²) in [7, 11) is 0. The summed E-state index contributed by atoms with van der Waals surface area (Å²) >= 11 is 0. The predicted octanol–water partition coefficient (Wildman–Crippen LogP) is 2.81. The Labute approximate surface area is 156 Å². The van der Waals surface area contributed by atoms with Crippen LogP contribution in [-0.2, 0) is 17.8 Å². The third kappa shape index (κ3) is 4.65. The highest BCUT2D eigenvalue weighted by Gasteiger charge is 2.30. The second kappa shape index (κ2) is 9.19. The molecule has 1 saturated carbocycles. The second-order valence-corrected chi connectivity index (χ2v) is 7.73. The molecular formula is C20H32N4O2. The Bertz CT molecular complexity index is 619. The maximum atomic E-state index is 12.5. The number of carbonyl (C=O) groups is 2. The molecule has 2 N–H and O–H groups in total. The van der Waals surface area contributed by atoms with Gasteiger partial charge in [0.25, 0.3) is 5.91 Å². The molecule has 2 heterocycles. The van der Waals surface area contributed by atoms with Gasteiger partial charge in [0.15, 0.2) is 0 Å². The van der Waals surface area contributed by atoms with E-state index in [1.165, 1.54) is 25.7 Å². The molecule has 2 amide bonds. The van der Waals surface area contributed by atoms with Gasteiger partial charge < -0.3 is 15.2 Å². The van der Waals surface area contributed by atoms with Gasteiger partial charge in [0.05, 0.1) is 17.9 Å². The highest BCUT2D eigenvalue weighted by molar-refractivity contribution is 5.93. The lowest BCUT2D eigenvalue weighted by molar-refractivity contribution is -0.126. The first-order valence-corrected chi connectivity index (χ1v) is 10.3. The molecule has 0 radical (unpaired) electrons. The van der Waals surface area contributed by atoms with Gasteiger partial charge in [-0.15, -0.1) is 0 Å². The Morgan fingerprint density at radius 2 is 2.00 bits per heavy atom. The standard InChI is InChI=1S/C20H32N4O2/c1-2-3-4-7-12-21-20(26)18-17-11-10-15(13-24(17)14-22-18)19(25)23-16-8-5-6-9-16/h14-16H,2-13H2,1H3,(H,21,26)(H,23,25). The summed E-state index contributed by atoms with van der Waals surface area (Å²) in [6, 6.07) is 0.362. The van der Waals surface area contributed by atoms with Crippen molar-refractivity contribution in [2.75, 3.05) is 6.54 Å². The van der Waals surface area contributed by atoms with Gasteiger partial charge in [-0.3, -0.25) is 9.59 Å². The van der Waals surface area contributed by atoms with Crippen LogP contribution in [-0.4, -0.2) is 34.0 Å². The molecule has 1 atom stereocenters. The third-order valence-electron chi connectivity index (χ3n) is 5.70. The Morgan fingerprint density at radius 3 is 2.77 bits per heavy atom. The topological polar surface area (TPSA) is 76.0 Å². The molecule has 0 aromatic carbocycles. The van der Waals surface area contributed by atoms with E-state index in [1.54, 1.807) is 6.33 Å². The van der Waals surface area contributed by atoms with Crippen LogP contribution in [0.15, 0.2) is 6.33 Å². The number of imidazole rings is 1. The number of hydrogen-bond acceptors (Lipinski definition) is 3. The fourth-order valence-electron chi connectivity index (χ4n) is 4.10. The minimum Gasteiger partial charge on any atom is -0.353 e. The molecule has 144 valence electrons. The Kier molecular flexibility index (Phi) is 6.69. The third-order valence-corrected chi connectivity index (χ3v) is 5.70. The van der Waals surface area contributed by atoms with E-state index in [-0.39, 0.29) is 17.7 Å². The van der Waals surface area contributed by atoms with Crippen LogP contribution >= 0.6 is 0 Å². The van der Waals surface area contributed by atoms with Crippen LogP contribution in [0, 0.1) is 5.92 Å². The van der Waals surface area contributed by atoms with Crippen molar-refractivity contribution >= 4 is 11.8 Å². The first kappa shape index (κ1) is 18.9. The smallest absolute Gasteiger partial charge is 0.271 e. The van der Waals surface area contributed by atoms with E-state index in [0.717, 1.165) is 44.2 Å². The normalized spacial score (nSPS) is 20.0. The quantitative estimate of drug-likeness (QED) is 0.700. The number of carbonyl (C=O) groups excluding carboxylic acids is 2. The maximum Gasteiger partial charge on any atom is 0.271 e. The molecule has 2 aliphatic rings. The summed E-state index contributed by atoms with van der Waals surface area (Å²) in [5.41, 5.74) is 1.51. The maximum absolute atomic E-state index is 12.5. The predicted molar refractivity (Wildman–Crippen MR) is 101 cm³/mol. The Hall–Kier alpha value is -1.85. The molecule has 1 aliphatic heterocycles. The zero-order valence-corrected chi connectivity index (χ0v) is 15.9. The fourth-order valence-corrected chi connectivity index (χ4v) is 4.10. The molecule has 1 aromatic rings. The van der Waals surface area contributed by atoms with Crippen molar-refractivity contribution in [3.05, 3.63) is 17.7 Å². The summed E-state index contributed by atoms with van der Waals surface area (Å²) < 4.78 is 1.99. The molecule has 26 heavy (non-hydrogen) atoms. The molecule has 0 bridgehead atoms. The van der Waals surface area contributed by atoms with E-state index in [9.17, 15) is 9.59 Å². The minimum absolute atomic E-state index is 0.0118. The van der Waals surface area contributed by atoms with Crippen molar-refractivity contribution in [3.63, 3.8) is 0 Å². The number of rotatable bonds is 8. The van der Waals surface area contributed by atoms with Gasteiger partial charge in [-0.1, -0.05) is 39.0 Å². The van der Waals surface area contributed by atoms with Crippen LogP contribution in [0.1, 0.15) is 80.9 Å². The number of unbranched alkanes of at least 4 members (excludes halogenated alkanes) is 3. The van der Waals surface area contributed by atoms with Gasteiger partial charge in [-0.2, -0.15) is 0 Å². The van der Waals surface area contributed by atoms with E-state index in [0.29, 0.717) is 24.8 Å². The fraction of sp³-hybridized carbons (Fsp3) is 0.750.